The minimum Gasteiger partial charge on any atom is -0.481 e. The van der Waals surface area contributed by atoms with Gasteiger partial charge in [-0.2, -0.15) is 0 Å². The van der Waals surface area contributed by atoms with Crippen LogP contribution in [0, 0.1) is 17.3 Å². The largest absolute Gasteiger partial charge is 0.481 e. The number of rotatable bonds is 8. The van der Waals surface area contributed by atoms with Gasteiger partial charge in [0.2, 0.25) is 5.91 Å². The van der Waals surface area contributed by atoms with E-state index in [1.807, 2.05) is 0 Å². The summed E-state index contributed by atoms with van der Waals surface area (Å²) in [4.78, 5) is 22.6. The Labute approximate surface area is 115 Å². The highest BCUT2D eigenvalue weighted by Crippen LogP contribution is 2.23. The van der Waals surface area contributed by atoms with Gasteiger partial charge in [0.05, 0.1) is 11.8 Å². The first-order valence-corrected chi connectivity index (χ1v) is 6.88. The van der Waals surface area contributed by atoms with Crippen molar-refractivity contribution in [2.45, 2.75) is 47.0 Å². The van der Waals surface area contributed by atoms with Crippen molar-refractivity contribution >= 4 is 11.9 Å². The van der Waals surface area contributed by atoms with Crippen LogP contribution in [0.1, 0.15) is 47.0 Å². The Hall–Kier alpha value is -1.10. The fraction of sp³-hybridized carbons (Fsp3) is 0.857. The highest BCUT2D eigenvalue weighted by Gasteiger charge is 2.23. The number of amides is 1. The van der Waals surface area contributed by atoms with E-state index >= 15 is 0 Å². The number of aliphatic carboxylic acids is 1. The van der Waals surface area contributed by atoms with Crippen molar-refractivity contribution in [3.8, 4) is 0 Å². The predicted octanol–water partition coefficient (Wildman–Crippen LogP) is 1.61. The molecule has 0 saturated heterocycles. The fourth-order valence-corrected chi connectivity index (χ4v) is 1.91. The maximum Gasteiger partial charge on any atom is 0.306 e. The van der Waals surface area contributed by atoms with Gasteiger partial charge in [-0.25, -0.2) is 0 Å². The van der Waals surface area contributed by atoms with Gasteiger partial charge in [0, 0.05) is 13.1 Å². The Morgan fingerprint density at radius 3 is 2.32 bits per heavy atom. The molecule has 0 aromatic heterocycles. The van der Waals surface area contributed by atoms with Crippen LogP contribution in [0.5, 0.6) is 0 Å². The summed E-state index contributed by atoms with van der Waals surface area (Å²) >= 11 is 0. The number of nitrogens with one attached hydrogen (secondary N) is 1. The number of carboxylic acids is 1. The zero-order chi connectivity index (χ0) is 15.1. The summed E-state index contributed by atoms with van der Waals surface area (Å²) in [5.74, 6) is -1.35. The third-order valence-electron chi connectivity index (χ3n) is 3.05. The normalized spacial score (nSPS) is 14.8. The Kier molecular flexibility index (Phi) is 7.68. The van der Waals surface area contributed by atoms with Gasteiger partial charge in [0.15, 0.2) is 0 Å². The molecule has 0 radical (unpaired) electrons. The molecule has 1 amide bonds. The zero-order valence-corrected chi connectivity index (χ0v) is 12.5. The molecule has 0 bridgehead atoms. The van der Waals surface area contributed by atoms with E-state index < -0.39 is 5.97 Å². The molecule has 5 nitrogen and oxygen atoms in total. The third kappa shape index (κ3) is 8.59. The first-order valence-electron chi connectivity index (χ1n) is 6.88. The Bertz CT molecular complexity index is 298. The molecule has 0 saturated carbocycles. The summed E-state index contributed by atoms with van der Waals surface area (Å²) in [6, 6.07) is 0. The van der Waals surface area contributed by atoms with Gasteiger partial charge in [0.1, 0.15) is 0 Å². The maximum atomic E-state index is 11.9. The van der Waals surface area contributed by atoms with Crippen molar-refractivity contribution < 1.29 is 14.7 Å². The predicted molar refractivity (Wildman–Crippen MR) is 75.7 cm³/mol. The smallest absolute Gasteiger partial charge is 0.306 e. The third-order valence-corrected chi connectivity index (χ3v) is 3.05. The lowest BCUT2D eigenvalue weighted by Gasteiger charge is -2.24. The lowest BCUT2D eigenvalue weighted by atomic mass is 9.84. The second kappa shape index (κ2) is 8.15. The minimum absolute atomic E-state index is 0.0274. The molecule has 0 aromatic carbocycles. The molecule has 0 spiro atoms. The van der Waals surface area contributed by atoms with Crippen molar-refractivity contribution in [3.05, 3.63) is 0 Å². The van der Waals surface area contributed by atoms with Crippen molar-refractivity contribution in [2.24, 2.45) is 23.0 Å². The summed E-state index contributed by atoms with van der Waals surface area (Å²) in [5, 5.41) is 11.6. The SMILES string of the molecule is CC(CCCNC(=O)C(CN)CC(C)(C)C)C(=O)O. The van der Waals surface area contributed by atoms with E-state index in [-0.39, 0.29) is 23.2 Å². The van der Waals surface area contributed by atoms with Crippen LogP contribution in [-0.2, 0) is 9.59 Å². The Morgan fingerprint density at radius 2 is 1.89 bits per heavy atom. The lowest BCUT2D eigenvalue weighted by molar-refractivity contribution is -0.141. The molecule has 0 heterocycles. The zero-order valence-electron chi connectivity index (χ0n) is 12.5. The van der Waals surface area contributed by atoms with Crippen molar-refractivity contribution in [1.29, 1.82) is 0 Å². The standard InChI is InChI=1S/C14H28N2O3/c1-10(13(18)19)6-5-7-16-12(17)11(9-15)8-14(2,3)4/h10-11H,5-9,15H2,1-4H3,(H,16,17)(H,18,19). The number of carboxylic acid groups (broad SMARTS) is 1. The molecule has 4 N–H and O–H groups in total. The minimum atomic E-state index is -0.793. The lowest BCUT2D eigenvalue weighted by Crippen LogP contribution is -2.37. The summed E-state index contributed by atoms with van der Waals surface area (Å²) in [7, 11) is 0. The van der Waals surface area contributed by atoms with Crippen molar-refractivity contribution in [2.75, 3.05) is 13.1 Å². The molecule has 5 heteroatoms. The molecule has 0 aliphatic heterocycles. The molecule has 0 aliphatic rings. The second-order valence-corrected chi connectivity index (χ2v) is 6.37. The average Bonchev–Trinajstić information content (AvgIpc) is 2.29. The summed E-state index contributed by atoms with van der Waals surface area (Å²) in [6.45, 7) is 8.77. The van der Waals surface area contributed by atoms with Gasteiger partial charge in [-0.1, -0.05) is 27.7 Å². The van der Waals surface area contributed by atoms with Crippen LogP contribution in [0.15, 0.2) is 0 Å². The van der Waals surface area contributed by atoms with Gasteiger partial charge < -0.3 is 16.2 Å². The maximum absolute atomic E-state index is 11.9. The number of carbonyl (C=O) groups is 2. The molecule has 2 atom stereocenters. The van der Waals surface area contributed by atoms with E-state index in [2.05, 4.69) is 26.1 Å². The van der Waals surface area contributed by atoms with E-state index in [0.29, 0.717) is 25.9 Å². The fourth-order valence-electron chi connectivity index (χ4n) is 1.91. The van der Waals surface area contributed by atoms with Gasteiger partial charge in [-0.3, -0.25) is 9.59 Å². The summed E-state index contributed by atoms with van der Waals surface area (Å²) in [5.41, 5.74) is 5.70. The van der Waals surface area contributed by atoms with Crippen LogP contribution in [0.2, 0.25) is 0 Å². The second-order valence-electron chi connectivity index (χ2n) is 6.37. The number of nitrogens with two attached hydrogens (primary N) is 1. The van der Waals surface area contributed by atoms with Gasteiger partial charge >= 0.3 is 5.97 Å². The van der Waals surface area contributed by atoms with E-state index in [0.717, 1.165) is 6.42 Å². The highest BCUT2D eigenvalue weighted by molar-refractivity contribution is 5.78. The topological polar surface area (TPSA) is 92.4 Å². The van der Waals surface area contributed by atoms with E-state index in [9.17, 15) is 9.59 Å². The van der Waals surface area contributed by atoms with Gasteiger partial charge in [-0.15, -0.1) is 0 Å². The van der Waals surface area contributed by atoms with Crippen LogP contribution in [0.3, 0.4) is 0 Å². The van der Waals surface area contributed by atoms with Crippen LogP contribution in [0.25, 0.3) is 0 Å². The average molecular weight is 272 g/mol. The molecular weight excluding hydrogens is 244 g/mol. The first kappa shape index (κ1) is 17.9. The molecular formula is C14H28N2O3. The van der Waals surface area contributed by atoms with Gasteiger partial charge in [-0.05, 0) is 24.7 Å². The van der Waals surface area contributed by atoms with E-state index in [1.54, 1.807) is 6.92 Å². The van der Waals surface area contributed by atoms with E-state index in [1.165, 1.54) is 0 Å². The Balaban J connectivity index is 3.98. The van der Waals surface area contributed by atoms with Crippen LogP contribution < -0.4 is 11.1 Å². The first-order chi connectivity index (χ1) is 8.67. The quantitative estimate of drug-likeness (QED) is 0.585. The highest BCUT2D eigenvalue weighted by atomic mass is 16.4. The van der Waals surface area contributed by atoms with Crippen LogP contribution >= 0.6 is 0 Å². The molecule has 0 aliphatic carbocycles. The molecule has 0 rings (SSSR count). The molecule has 2 unspecified atom stereocenters. The molecule has 19 heavy (non-hydrogen) atoms. The van der Waals surface area contributed by atoms with Gasteiger partial charge in [0.25, 0.3) is 0 Å². The van der Waals surface area contributed by atoms with E-state index in [4.69, 9.17) is 10.8 Å². The van der Waals surface area contributed by atoms with Crippen LogP contribution in [0.4, 0.5) is 0 Å². The monoisotopic (exact) mass is 272 g/mol. The molecule has 0 aromatic rings. The number of carbonyl (C=O) groups excluding carboxylic acids is 1. The van der Waals surface area contributed by atoms with Crippen LogP contribution in [-0.4, -0.2) is 30.1 Å². The van der Waals surface area contributed by atoms with Crippen molar-refractivity contribution in [3.63, 3.8) is 0 Å². The number of hydrogen-bond acceptors (Lipinski definition) is 3. The summed E-state index contributed by atoms with van der Waals surface area (Å²) < 4.78 is 0. The molecule has 0 fully saturated rings. The summed E-state index contributed by atoms with van der Waals surface area (Å²) in [6.07, 6.45) is 2.00. The Morgan fingerprint density at radius 1 is 1.32 bits per heavy atom. The molecule has 112 valence electrons. The van der Waals surface area contributed by atoms with Crippen molar-refractivity contribution in [1.82, 2.24) is 5.32 Å². The number of hydrogen-bond donors (Lipinski definition) is 3.